The standard InChI is InChI=1S/C12H13BrF2OS/c13-10-3-4-11(14)9(12(10)15)7-17-6-8-2-1-5-16-8/h3-4,8H,1-2,5-7H2. The van der Waals surface area contributed by atoms with Gasteiger partial charge in [0.05, 0.1) is 10.6 Å². The number of thioether (sulfide) groups is 1. The van der Waals surface area contributed by atoms with E-state index in [1.807, 2.05) is 0 Å². The molecule has 2 rings (SSSR count). The van der Waals surface area contributed by atoms with Gasteiger partial charge < -0.3 is 4.74 Å². The van der Waals surface area contributed by atoms with Gasteiger partial charge in [-0.15, -0.1) is 0 Å². The molecule has 1 heterocycles. The van der Waals surface area contributed by atoms with Crippen molar-refractivity contribution in [1.82, 2.24) is 0 Å². The molecular formula is C12H13BrF2OS. The Morgan fingerprint density at radius 2 is 2.24 bits per heavy atom. The average molecular weight is 323 g/mol. The van der Waals surface area contributed by atoms with Crippen LogP contribution in [0.15, 0.2) is 16.6 Å². The minimum Gasteiger partial charge on any atom is -0.377 e. The highest BCUT2D eigenvalue weighted by Crippen LogP contribution is 2.26. The first-order valence-corrected chi connectivity index (χ1v) is 7.45. The zero-order valence-corrected chi connectivity index (χ0v) is 11.6. The molecule has 0 radical (unpaired) electrons. The molecule has 0 spiro atoms. The number of halogens is 3. The molecule has 17 heavy (non-hydrogen) atoms. The molecule has 0 bridgehead atoms. The second-order valence-corrected chi connectivity index (χ2v) is 5.86. The maximum absolute atomic E-state index is 13.6. The summed E-state index contributed by atoms with van der Waals surface area (Å²) in [5.41, 5.74) is 0.141. The summed E-state index contributed by atoms with van der Waals surface area (Å²) in [7, 11) is 0. The molecule has 1 saturated heterocycles. The Bertz CT molecular complexity index is 394. The first-order chi connectivity index (χ1) is 8.18. The molecule has 5 heteroatoms. The van der Waals surface area contributed by atoms with E-state index in [2.05, 4.69) is 15.9 Å². The lowest BCUT2D eigenvalue weighted by Crippen LogP contribution is -2.08. The number of rotatable bonds is 4. The van der Waals surface area contributed by atoms with Crippen LogP contribution in [0, 0.1) is 11.6 Å². The molecule has 1 nitrogen and oxygen atoms in total. The summed E-state index contributed by atoms with van der Waals surface area (Å²) in [4.78, 5) is 0. The average Bonchev–Trinajstić information content (AvgIpc) is 2.81. The molecule has 0 N–H and O–H groups in total. The van der Waals surface area contributed by atoms with Crippen LogP contribution in [0.5, 0.6) is 0 Å². The highest BCUT2D eigenvalue weighted by Gasteiger charge is 2.17. The van der Waals surface area contributed by atoms with Crippen LogP contribution < -0.4 is 0 Å². The van der Waals surface area contributed by atoms with E-state index in [4.69, 9.17) is 4.74 Å². The van der Waals surface area contributed by atoms with Crippen molar-refractivity contribution in [3.8, 4) is 0 Å². The van der Waals surface area contributed by atoms with Gasteiger partial charge in [0.25, 0.3) is 0 Å². The van der Waals surface area contributed by atoms with Crippen LogP contribution in [0.25, 0.3) is 0 Å². The maximum Gasteiger partial charge on any atom is 0.144 e. The van der Waals surface area contributed by atoms with E-state index in [0.717, 1.165) is 25.2 Å². The molecule has 0 aromatic heterocycles. The van der Waals surface area contributed by atoms with Crippen molar-refractivity contribution >= 4 is 27.7 Å². The highest BCUT2D eigenvalue weighted by molar-refractivity contribution is 9.10. The van der Waals surface area contributed by atoms with Crippen LogP contribution in [0.1, 0.15) is 18.4 Å². The van der Waals surface area contributed by atoms with Gasteiger partial charge in [-0.25, -0.2) is 8.78 Å². The smallest absolute Gasteiger partial charge is 0.144 e. The molecule has 1 unspecified atom stereocenters. The lowest BCUT2D eigenvalue weighted by molar-refractivity contribution is 0.129. The summed E-state index contributed by atoms with van der Waals surface area (Å²) >= 11 is 4.58. The van der Waals surface area contributed by atoms with E-state index in [0.29, 0.717) is 10.2 Å². The van der Waals surface area contributed by atoms with Gasteiger partial charge in [-0.3, -0.25) is 0 Å². The highest BCUT2D eigenvalue weighted by atomic mass is 79.9. The van der Waals surface area contributed by atoms with E-state index in [1.165, 1.54) is 23.9 Å². The van der Waals surface area contributed by atoms with Gasteiger partial charge in [0.2, 0.25) is 0 Å². The minimum atomic E-state index is -0.496. The van der Waals surface area contributed by atoms with Gasteiger partial charge >= 0.3 is 0 Å². The lowest BCUT2D eigenvalue weighted by Gasteiger charge is -2.10. The predicted octanol–water partition coefficient (Wildman–Crippen LogP) is 4.14. The SMILES string of the molecule is Fc1ccc(Br)c(F)c1CSCC1CCCO1. The zero-order chi connectivity index (χ0) is 12.3. The van der Waals surface area contributed by atoms with Crippen molar-refractivity contribution in [1.29, 1.82) is 0 Å². The summed E-state index contributed by atoms with van der Waals surface area (Å²) in [6.45, 7) is 0.810. The molecule has 1 aliphatic rings. The molecule has 1 aromatic rings. The van der Waals surface area contributed by atoms with Gasteiger partial charge in [0.15, 0.2) is 0 Å². The summed E-state index contributed by atoms with van der Waals surface area (Å²) in [6, 6.07) is 2.67. The molecule has 94 valence electrons. The monoisotopic (exact) mass is 322 g/mol. The molecule has 0 amide bonds. The van der Waals surface area contributed by atoms with E-state index in [-0.39, 0.29) is 11.7 Å². The van der Waals surface area contributed by atoms with Crippen molar-refractivity contribution in [2.45, 2.75) is 24.7 Å². The molecule has 1 atom stereocenters. The Morgan fingerprint density at radius 3 is 2.94 bits per heavy atom. The minimum absolute atomic E-state index is 0.141. The summed E-state index contributed by atoms with van der Waals surface area (Å²) in [5.74, 6) is 0.165. The molecule has 1 aromatic carbocycles. The Kier molecular flexibility index (Phi) is 4.82. The Hall–Kier alpha value is -0.130. The molecule has 0 saturated carbocycles. The number of hydrogen-bond donors (Lipinski definition) is 0. The summed E-state index contributed by atoms with van der Waals surface area (Å²) in [5, 5.41) is 0. The van der Waals surface area contributed by atoms with Crippen LogP contribution in [0.4, 0.5) is 8.78 Å². The van der Waals surface area contributed by atoms with Crippen LogP contribution >= 0.6 is 27.7 Å². The topological polar surface area (TPSA) is 9.23 Å². The quantitative estimate of drug-likeness (QED) is 0.770. The molecule has 0 aliphatic carbocycles. The first-order valence-electron chi connectivity index (χ1n) is 5.50. The lowest BCUT2D eigenvalue weighted by atomic mass is 10.2. The maximum atomic E-state index is 13.6. The van der Waals surface area contributed by atoms with Crippen LogP contribution in [-0.2, 0) is 10.5 Å². The van der Waals surface area contributed by atoms with Crippen molar-refractivity contribution in [2.75, 3.05) is 12.4 Å². The first kappa shape index (κ1) is 13.3. The summed E-state index contributed by atoms with van der Waals surface area (Å²) in [6.07, 6.45) is 2.39. The fourth-order valence-corrected chi connectivity index (χ4v) is 3.25. The van der Waals surface area contributed by atoms with Crippen LogP contribution in [0.2, 0.25) is 0 Å². The molecule has 1 fully saturated rings. The number of hydrogen-bond acceptors (Lipinski definition) is 2. The van der Waals surface area contributed by atoms with Gasteiger partial charge in [-0.05, 0) is 40.9 Å². The van der Waals surface area contributed by atoms with Gasteiger partial charge in [-0.2, -0.15) is 11.8 Å². The third-order valence-electron chi connectivity index (χ3n) is 2.71. The van der Waals surface area contributed by atoms with Crippen molar-refractivity contribution in [2.24, 2.45) is 0 Å². The number of ether oxygens (including phenoxy) is 1. The van der Waals surface area contributed by atoms with E-state index >= 15 is 0 Å². The normalized spacial score (nSPS) is 19.8. The zero-order valence-electron chi connectivity index (χ0n) is 9.22. The fourth-order valence-electron chi connectivity index (χ4n) is 1.77. The second kappa shape index (κ2) is 6.16. The fraction of sp³-hybridized carbons (Fsp3) is 0.500. The van der Waals surface area contributed by atoms with E-state index in [1.54, 1.807) is 0 Å². The van der Waals surface area contributed by atoms with Gasteiger partial charge in [0, 0.05) is 23.7 Å². The van der Waals surface area contributed by atoms with Crippen molar-refractivity contribution in [3.63, 3.8) is 0 Å². The molecule has 1 aliphatic heterocycles. The van der Waals surface area contributed by atoms with Crippen molar-refractivity contribution in [3.05, 3.63) is 33.8 Å². The second-order valence-electron chi connectivity index (χ2n) is 3.97. The van der Waals surface area contributed by atoms with E-state index < -0.39 is 11.6 Å². The predicted molar refractivity (Wildman–Crippen MR) is 69.2 cm³/mol. The third-order valence-corrected chi connectivity index (χ3v) is 4.43. The Labute approximate surface area is 112 Å². The van der Waals surface area contributed by atoms with Gasteiger partial charge in [-0.1, -0.05) is 0 Å². The summed E-state index contributed by atoms with van der Waals surface area (Å²) < 4.78 is 32.8. The number of benzene rings is 1. The Morgan fingerprint density at radius 1 is 1.41 bits per heavy atom. The largest absolute Gasteiger partial charge is 0.377 e. The van der Waals surface area contributed by atoms with Crippen LogP contribution in [-0.4, -0.2) is 18.5 Å². The molecular weight excluding hydrogens is 310 g/mol. The van der Waals surface area contributed by atoms with Crippen LogP contribution in [0.3, 0.4) is 0 Å². The van der Waals surface area contributed by atoms with Crippen molar-refractivity contribution < 1.29 is 13.5 Å². The Balaban J connectivity index is 1.91. The van der Waals surface area contributed by atoms with Gasteiger partial charge in [0.1, 0.15) is 11.6 Å². The van der Waals surface area contributed by atoms with E-state index in [9.17, 15) is 8.78 Å². The third kappa shape index (κ3) is 3.42.